The van der Waals surface area contributed by atoms with Gasteiger partial charge in [-0.05, 0) is 23.8 Å². The zero-order chi connectivity index (χ0) is 19.8. The van der Waals surface area contributed by atoms with E-state index < -0.39 is 0 Å². The first-order chi connectivity index (χ1) is 13.7. The van der Waals surface area contributed by atoms with Crippen molar-refractivity contribution in [2.75, 3.05) is 39.2 Å². The number of hydrogen-bond acceptors (Lipinski definition) is 4. The zero-order valence-corrected chi connectivity index (χ0v) is 16.2. The molecule has 0 saturated carbocycles. The lowest BCUT2D eigenvalue weighted by Gasteiger charge is -2.26. The molecule has 1 amide bonds. The third kappa shape index (κ3) is 5.16. The van der Waals surface area contributed by atoms with Crippen LogP contribution in [0.1, 0.15) is 17.9 Å². The number of guanidine groups is 1. The Bertz CT molecular complexity index is 838. The summed E-state index contributed by atoms with van der Waals surface area (Å²) in [7, 11) is 3.35. The van der Waals surface area contributed by atoms with Crippen molar-refractivity contribution in [1.82, 2.24) is 10.6 Å². The minimum absolute atomic E-state index is 0.0418. The molecule has 0 spiro atoms. The second kappa shape index (κ2) is 9.64. The Kier molecular flexibility index (Phi) is 6.73. The number of aliphatic imine (C=N–C) groups is 1. The Morgan fingerprint density at radius 3 is 2.82 bits per heavy atom. The molecule has 0 radical (unpaired) electrons. The van der Waals surface area contributed by atoms with E-state index in [1.54, 1.807) is 14.2 Å². The normalized spacial score (nSPS) is 16.0. The van der Waals surface area contributed by atoms with Gasteiger partial charge >= 0.3 is 0 Å². The van der Waals surface area contributed by atoms with Gasteiger partial charge in [0.1, 0.15) is 18.1 Å². The molecule has 1 aliphatic rings. The zero-order valence-electron chi connectivity index (χ0n) is 16.2. The minimum atomic E-state index is 0.0418. The highest BCUT2D eigenvalue weighted by atomic mass is 16.5. The molecule has 0 aliphatic carbocycles. The van der Waals surface area contributed by atoms with Crippen molar-refractivity contribution in [1.29, 1.82) is 0 Å². The Hall–Kier alpha value is -3.22. The lowest BCUT2D eigenvalue weighted by Crippen LogP contribution is -2.42. The summed E-state index contributed by atoms with van der Waals surface area (Å²) in [5.41, 5.74) is 2.03. The summed E-state index contributed by atoms with van der Waals surface area (Å²) in [6.07, 6.45) is 0.458. The molecule has 1 atom stereocenters. The molecule has 2 aromatic rings. The number of ether oxygens (including phenoxy) is 2. The van der Waals surface area contributed by atoms with Crippen molar-refractivity contribution < 1.29 is 14.3 Å². The molecule has 0 bridgehead atoms. The van der Waals surface area contributed by atoms with Crippen molar-refractivity contribution in [3.63, 3.8) is 0 Å². The van der Waals surface area contributed by atoms with Crippen molar-refractivity contribution in [3.8, 4) is 11.5 Å². The Morgan fingerprint density at radius 1 is 1.18 bits per heavy atom. The van der Waals surface area contributed by atoms with Gasteiger partial charge in [-0.15, -0.1) is 0 Å². The summed E-state index contributed by atoms with van der Waals surface area (Å²) in [4.78, 5) is 16.2. The smallest absolute Gasteiger partial charge is 0.225 e. The molecule has 0 fully saturated rings. The van der Waals surface area contributed by atoms with Gasteiger partial charge in [0.15, 0.2) is 5.96 Å². The number of para-hydroxylation sites is 1. The molecule has 0 aromatic heterocycles. The van der Waals surface area contributed by atoms with Crippen molar-refractivity contribution in [2.24, 2.45) is 4.99 Å². The number of amides is 1. The van der Waals surface area contributed by atoms with E-state index in [4.69, 9.17) is 9.47 Å². The number of carbonyl (C=O) groups is 1. The van der Waals surface area contributed by atoms with E-state index in [2.05, 4.69) is 27.0 Å². The highest BCUT2D eigenvalue weighted by Crippen LogP contribution is 2.31. The monoisotopic (exact) mass is 382 g/mol. The summed E-state index contributed by atoms with van der Waals surface area (Å²) in [6, 6.07) is 15.4. The number of fused-ring (bicyclic) bond motifs is 1. The van der Waals surface area contributed by atoms with Crippen LogP contribution in [0.5, 0.6) is 11.5 Å². The largest absolute Gasteiger partial charge is 0.497 e. The van der Waals surface area contributed by atoms with Crippen LogP contribution < -0.4 is 25.4 Å². The topological polar surface area (TPSA) is 84.0 Å². The number of nitrogens with one attached hydrogen (secondary N) is 3. The first-order valence-electron chi connectivity index (χ1n) is 9.29. The second-order valence-corrected chi connectivity index (χ2v) is 6.44. The molecule has 2 aromatic carbocycles. The third-order valence-electron chi connectivity index (χ3n) is 4.55. The fourth-order valence-corrected chi connectivity index (χ4v) is 3.15. The Balaban J connectivity index is 1.46. The first-order valence-corrected chi connectivity index (χ1v) is 9.29. The van der Waals surface area contributed by atoms with Gasteiger partial charge in [-0.25, -0.2) is 0 Å². The van der Waals surface area contributed by atoms with E-state index in [1.165, 1.54) is 0 Å². The molecule has 1 heterocycles. The Labute approximate surface area is 165 Å². The number of hydrogen-bond donors (Lipinski definition) is 3. The molecule has 0 saturated heterocycles. The number of benzene rings is 2. The van der Waals surface area contributed by atoms with Crippen molar-refractivity contribution >= 4 is 17.6 Å². The minimum Gasteiger partial charge on any atom is -0.497 e. The Morgan fingerprint density at radius 2 is 2.00 bits per heavy atom. The van der Waals surface area contributed by atoms with E-state index in [9.17, 15) is 4.79 Å². The van der Waals surface area contributed by atoms with Gasteiger partial charge in [0.25, 0.3) is 0 Å². The molecule has 7 heteroatoms. The van der Waals surface area contributed by atoms with E-state index in [0.717, 1.165) is 22.7 Å². The molecular formula is C21H26N4O3. The summed E-state index contributed by atoms with van der Waals surface area (Å²) in [5, 5.41) is 9.44. The van der Waals surface area contributed by atoms with Crippen LogP contribution in [0.3, 0.4) is 0 Å². The van der Waals surface area contributed by atoms with Crippen molar-refractivity contribution in [3.05, 3.63) is 54.1 Å². The lowest BCUT2D eigenvalue weighted by atomic mass is 9.90. The number of carbonyl (C=O) groups excluding carboxylic acids is 1. The van der Waals surface area contributed by atoms with Gasteiger partial charge in [-0.1, -0.05) is 24.3 Å². The van der Waals surface area contributed by atoms with E-state index >= 15 is 0 Å². The van der Waals surface area contributed by atoms with Gasteiger partial charge in [0.2, 0.25) is 5.91 Å². The summed E-state index contributed by atoms with van der Waals surface area (Å²) in [5.74, 6) is 2.35. The average molecular weight is 382 g/mol. The molecular weight excluding hydrogens is 356 g/mol. The fraction of sp³-hybridized carbons (Fsp3) is 0.333. The van der Waals surface area contributed by atoms with Crippen LogP contribution >= 0.6 is 0 Å². The van der Waals surface area contributed by atoms with Gasteiger partial charge in [-0.2, -0.15) is 0 Å². The van der Waals surface area contributed by atoms with Gasteiger partial charge in [0.05, 0.1) is 13.7 Å². The molecule has 28 heavy (non-hydrogen) atoms. The number of nitrogens with zero attached hydrogens (tertiary/aromatic N) is 1. The van der Waals surface area contributed by atoms with Crippen LogP contribution in [0.15, 0.2) is 53.5 Å². The van der Waals surface area contributed by atoms with Crippen LogP contribution in [0.2, 0.25) is 0 Å². The van der Waals surface area contributed by atoms with Crippen LogP contribution in [-0.2, 0) is 4.79 Å². The molecule has 7 nitrogen and oxygen atoms in total. The molecule has 148 valence electrons. The maximum absolute atomic E-state index is 11.9. The summed E-state index contributed by atoms with van der Waals surface area (Å²) in [6.45, 7) is 1.71. The second-order valence-electron chi connectivity index (χ2n) is 6.44. The SMILES string of the molecule is CN=C(NCCOc1cccc(OC)c1)NCC1CC(=O)Nc2ccccc21. The maximum Gasteiger partial charge on any atom is 0.225 e. The van der Waals surface area contributed by atoms with Gasteiger partial charge in [-0.3, -0.25) is 9.79 Å². The van der Waals surface area contributed by atoms with Crippen LogP contribution in [-0.4, -0.2) is 45.7 Å². The first kappa shape index (κ1) is 19.5. The molecule has 1 unspecified atom stereocenters. The number of anilines is 1. The standard InChI is InChI=1S/C21H26N4O3/c1-22-21(23-10-11-28-17-7-5-6-16(13-17)27-2)24-14-15-12-20(26)25-19-9-4-3-8-18(15)19/h3-9,13,15H,10-12,14H2,1-2H3,(H,25,26)(H2,22,23,24). The van der Waals surface area contributed by atoms with Crippen LogP contribution in [0.25, 0.3) is 0 Å². The molecule has 3 rings (SSSR count). The predicted octanol–water partition coefficient (Wildman–Crippen LogP) is 2.37. The summed E-state index contributed by atoms with van der Waals surface area (Å²) < 4.78 is 10.9. The quantitative estimate of drug-likeness (QED) is 0.389. The predicted molar refractivity (Wildman–Crippen MR) is 110 cm³/mol. The lowest BCUT2D eigenvalue weighted by molar-refractivity contribution is -0.116. The van der Waals surface area contributed by atoms with Gasteiger partial charge < -0.3 is 25.4 Å². The molecule has 3 N–H and O–H groups in total. The number of methoxy groups -OCH3 is 1. The van der Waals surface area contributed by atoms with Gasteiger partial charge in [0, 0.05) is 37.7 Å². The summed E-state index contributed by atoms with van der Waals surface area (Å²) >= 11 is 0. The highest BCUT2D eigenvalue weighted by Gasteiger charge is 2.24. The molecule has 1 aliphatic heterocycles. The fourth-order valence-electron chi connectivity index (χ4n) is 3.15. The third-order valence-corrected chi connectivity index (χ3v) is 4.55. The van der Waals surface area contributed by atoms with E-state index in [-0.39, 0.29) is 11.8 Å². The van der Waals surface area contributed by atoms with Crippen molar-refractivity contribution in [2.45, 2.75) is 12.3 Å². The highest BCUT2D eigenvalue weighted by molar-refractivity contribution is 5.94. The van der Waals surface area contributed by atoms with Crippen LogP contribution in [0, 0.1) is 0 Å². The average Bonchev–Trinajstić information content (AvgIpc) is 2.73. The van der Waals surface area contributed by atoms with E-state index in [0.29, 0.717) is 32.1 Å². The number of rotatable bonds is 7. The van der Waals surface area contributed by atoms with Crippen LogP contribution in [0.4, 0.5) is 5.69 Å². The van der Waals surface area contributed by atoms with E-state index in [1.807, 2.05) is 42.5 Å². The maximum atomic E-state index is 11.9.